The van der Waals surface area contributed by atoms with E-state index in [9.17, 15) is 13.2 Å². The van der Waals surface area contributed by atoms with Crippen molar-refractivity contribution in [3.8, 4) is 0 Å². The molecule has 2 N–H and O–H groups in total. The molecule has 0 saturated carbocycles. The molecule has 0 aliphatic carbocycles. The van der Waals surface area contributed by atoms with Crippen molar-refractivity contribution in [1.29, 1.82) is 0 Å². The number of aromatic nitrogens is 1. The topological polar surface area (TPSA) is 110 Å². The van der Waals surface area contributed by atoms with Crippen LogP contribution in [0.1, 0.15) is 17.9 Å². The van der Waals surface area contributed by atoms with E-state index in [1.807, 2.05) is 0 Å². The summed E-state index contributed by atoms with van der Waals surface area (Å²) >= 11 is 3.89. The second-order valence-electron chi connectivity index (χ2n) is 3.68. The highest BCUT2D eigenvalue weighted by molar-refractivity contribution is 7.89. The molecule has 0 bridgehead atoms. The number of carboxylic acid groups (broad SMARTS) is 1. The molecule has 0 radical (unpaired) electrons. The van der Waals surface area contributed by atoms with E-state index < -0.39 is 22.0 Å². The number of aliphatic carboxylic acids is 1. The highest BCUT2D eigenvalue weighted by Gasteiger charge is 2.29. The number of hydrogen-bond acceptors (Lipinski definition) is 6. The molecule has 1 rings (SSSR count). The first-order valence-corrected chi connectivity index (χ1v) is 7.20. The van der Waals surface area contributed by atoms with Crippen LogP contribution in [0.15, 0.2) is 9.42 Å². The summed E-state index contributed by atoms with van der Waals surface area (Å²) in [6.07, 6.45) is 0.0844. The minimum atomic E-state index is -3.97. The van der Waals surface area contributed by atoms with Gasteiger partial charge in [-0.15, -0.1) is 0 Å². The second-order valence-corrected chi connectivity index (χ2v) is 5.78. The van der Waals surface area contributed by atoms with E-state index >= 15 is 0 Å². The lowest BCUT2D eigenvalue weighted by atomic mass is 10.2. The van der Waals surface area contributed by atoms with Crippen molar-refractivity contribution in [1.82, 2.24) is 9.88 Å². The first-order valence-electron chi connectivity index (χ1n) is 5.08. The molecule has 0 spiro atoms. The molecule has 1 aromatic rings. The number of nitrogens with one attached hydrogen (secondary N) is 1. The van der Waals surface area contributed by atoms with Crippen molar-refractivity contribution in [3.05, 3.63) is 11.5 Å². The minimum Gasteiger partial charge on any atom is -0.480 e. The molecule has 0 amide bonds. The summed E-state index contributed by atoms with van der Waals surface area (Å²) in [6.45, 7) is 2.92. The van der Waals surface area contributed by atoms with E-state index in [4.69, 9.17) is 9.63 Å². The number of nitrogens with zero attached hydrogens (tertiary/aromatic N) is 1. The third kappa shape index (κ3) is 3.24. The fourth-order valence-electron chi connectivity index (χ4n) is 1.47. The van der Waals surface area contributed by atoms with Gasteiger partial charge in [-0.25, -0.2) is 8.42 Å². The monoisotopic (exact) mass is 294 g/mol. The molecule has 0 aromatic carbocycles. The Hall–Kier alpha value is -1.06. The Labute approximate surface area is 110 Å². The lowest BCUT2D eigenvalue weighted by Crippen LogP contribution is -2.41. The fraction of sp³-hybridized carbons (Fsp3) is 0.556. The number of hydrogen-bond donors (Lipinski definition) is 3. The number of carbonyl (C=O) groups is 1. The van der Waals surface area contributed by atoms with Gasteiger partial charge in [0.2, 0.25) is 10.0 Å². The Morgan fingerprint density at radius 1 is 1.56 bits per heavy atom. The predicted octanol–water partition coefficient (Wildman–Crippen LogP) is 0.343. The summed E-state index contributed by atoms with van der Waals surface area (Å²) in [5, 5.41) is 12.4. The summed E-state index contributed by atoms with van der Waals surface area (Å²) in [5.41, 5.74) is 0.190. The van der Waals surface area contributed by atoms with Gasteiger partial charge >= 0.3 is 5.97 Å². The minimum absolute atomic E-state index is 0.0844. The van der Waals surface area contributed by atoms with Crippen LogP contribution < -0.4 is 4.72 Å². The Bertz CT molecular complexity index is 518. The van der Waals surface area contributed by atoms with Crippen LogP contribution in [0.3, 0.4) is 0 Å². The highest BCUT2D eigenvalue weighted by Crippen LogP contribution is 2.19. The van der Waals surface area contributed by atoms with Crippen LogP contribution in [0.5, 0.6) is 0 Å². The summed E-state index contributed by atoms with van der Waals surface area (Å²) in [4.78, 5) is 10.8. The van der Waals surface area contributed by atoms with Crippen LogP contribution in [-0.4, -0.2) is 36.4 Å². The Balaban J connectivity index is 3.05. The third-order valence-corrected chi connectivity index (χ3v) is 4.22. The summed E-state index contributed by atoms with van der Waals surface area (Å²) in [5.74, 6) is -0.879. The van der Waals surface area contributed by atoms with Gasteiger partial charge < -0.3 is 9.63 Å². The average molecular weight is 294 g/mol. The van der Waals surface area contributed by atoms with Gasteiger partial charge in [-0.3, -0.25) is 4.79 Å². The van der Waals surface area contributed by atoms with Crippen LogP contribution in [0.4, 0.5) is 0 Å². The molecule has 1 heterocycles. The molecular weight excluding hydrogens is 280 g/mol. The molecule has 0 fully saturated rings. The number of aryl methyl sites for hydroxylation is 2. The zero-order chi connectivity index (χ0) is 13.9. The number of rotatable bonds is 6. The van der Waals surface area contributed by atoms with Gasteiger partial charge in [0.25, 0.3) is 0 Å². The number of sulfonamides is 1. The van der Waals surface area contributed by atoms with E-state index in [-0.39, 0.29) is 28.5 Å². The standard InChI is InChI=1S/C9H14N2O5S2/c1-5-8(6(2)16-10-5)18(14,15)11-7(3-4-17)9(12)13/h7,11,17H,3-4H2,1-2H3,(H,12,13). The molecule has 1 aromatic heterocycles. The molecule has 0 saturated heterocycles. The first kappa shape index (κ1) is 15.0. The lowest BCUT2D eigenvalue weighted by molar-refractivity contribution is -0.139. The van der Waals surface area contributed by atoms with Crippen LogP contribution >= 0.6 is 12.6 Å². The van der Waals surface area contributed by atoms with Gasteiger partial charge in [-0.1, -0.05) is 5.16 Å². The summed E-state index contributed by atoms with van der Waals surface area (Å²) in [6, 6.07) is -1.22. The van der Waals surface area contributed by atoms with Crippen molar-refractivity contribution in [3.63, 3.8) is 0 Å². The Morgan fingerprint density at radius 2 is 2.17 bits per heavy atom. The molecule has 1 unspecified atom stereocenters. The SMILES string of the molecule is Cc1noc(C)c1S(=O)(=O)NC(CCS)C(=O)O. The Morgan fingerprint density at radius 3 is 2.56 bits per heavy atom. The van der Waals surface area contributed by atoms with Crippen molar-refractivity contribution in [2.75, 3.05) is 5.75 Å². The molecular formula is C9H14N2O5S2. The zero-order valence-corrected chi connectivity index (χ0v) is 11.6. The fourth-order valence-corrected chi connectivity index (χ4v) is 3.28. The summed E-state index contributed by atoms with van der Waals surface area (Å²) in [7, 11) is -3.97. The number of thiol groups is 1. The van der Waals surface area contributed by atoms with Crippen molar-refractivity contribution < 1.29 is 22.8 Å². The normalized spacial score (nSPS) is 13.5. The zero-order valence-electron chi connectivity index (χ0n) is 9.87. The van der Waals surface area contributed by atoms with E-state index in [1.165, 1.54) is 13.8 Å². The van der Waals surface area contributed by atoms with Crippen molar-refractivity contribution >= 4 is 28.6 Å². The van der Waals surface area contributed by atoms with Gasteiger partial charge in [0.1, 0.15) is 16.6 Å². The largest absolute Gasteiger partial charge is 0.480 e. The van der Waals surface area contributed by atoms with Crippen LogP contribution in [0.25, 0.3) is 0 Å². The van der Waals surface area contributed by atoms with Gasteiger partial charge in [0, 0.05) is 0 Å². The van der Waals surface area contributed by atoms with E-state index in [1.54, 1.807) is 0 Å². The maximum Gasteiger partial charge on any atom is 0.321 e. The molecule has 0 aliphatic heterocycles. The first-order chi connectivity index (χ1) is 8.29. The molecule has 102 valence electrons. The predicted molar refractivity (Wildman–Crippen MR) is 66.2 cm³/mol. The van der Waals surface area contributed by atoms with E-state index in [0.717, 1.165) is 0 Å². The molecule has 18 heavy (non-hydrogen) atoms. The van der Waals surface area contributed by atoms with Gasteiger partial charge in [0.15, 0.2) is 5.76 Å². The van der Waals surface area contributed by atoms with Crippen molar-refractivity contribution in [2.45, 2.75) is 31.2 Å². The second kappa shape index (κ2) is 5.72. The maximum absolute atomic E-state index is 12.0. The van der Waals surface area contributed by atoms with Gasteiger partial charge in [0.05, 0.1) is 0 Å². The third-order valence-electron chi connectivity index (χ3n) is 2.25. The Kier molecular flexibility index (Phi) is 4.77. The summed E-state index contributed by atoms with van der Waals surface area (Å²) < 4.78 is 30.9. The smallest absolute Gasteiger partial charge is 0.321 e. The molecule has 1 atom stereocenters. The van der Waals surface area contributed by atoms with E-state index in [0.29, 0.717) is 0 Å². The molecule has 7 nitrogen and oxygen atoms in total. The van der Waals surface area contributed by atoms with Crippen LogP contribution in [0.2, 0.25) is 0 Å². The maximum atomic E-state index is 12.0. The molecule has 0 aliphatic rings. The van der Waals surface area contributed by atoms with Gasteiger partial charge in [-0.05, 0) is 26.0 Å². The quantitative estimate of drug-likeness (QED) is 0.653. The van der Waals surface area contributed by atoms with Gasteiger partial charge in [-0.2, -0.15) is 17.4 Å². The lowest BCUT2D eigenvalue weighted by Gasteiger charge is -2.13. The highest BCUT2D eigenvalue weighted by atomic mass is 32.2. The average Bonchev–Trinajstić information content (AvgIpc) is 2.58. The van der Waals surface area contributed by atoms with Crippen LogP contribution in [-0.2, 0) is 14.8 Å². The van der Waals surface area contributed by atoms with E-state index in [2.05, 4.69) is 22.5 Å². The number of carboxylic acids is 1. The molecule has 9 heteroatoms. The van der Waals surface area contributed by atoms with Crippen molar-refractivity contribution in [2.24, 2.45) is 0 Å². The van der Waals surface area contributed by atoms with Crippen LogP contribution in [0, 0.1) is 13.8 Å².